The summed E-state index contributed by atoms with van der Waals surface area (Å²) in [5.41, 5.74) is 0.462. The van der Waals surface area contributed by atoms with Crippen molar-refractivity contribution in [2.45, 2.75) is 25.6 Å². The summed E-state index contributed by atoms with van der Waals surface area (Å²) in [6.07, 6.45) is 0. The number of carbonyl (C=O) groups is 2. The van der Waals surface area contributed by atoms with E-state index in [-0.39, 0.29) is 57.3 Å². The molecule has 118 valence electrons. The Morgan fingerprint density at radius 2 is 1.70 bits per heavy atom. The van der Waals surface area contributed by atoms with Gasteiger partial charge >= 0.3 is 51.4 Å². The van der Waals surface area contributed by atoms with Crippen LogP contribution in [0, 0.1) is 16.0 Å². The Balaban J connectivity index is 0.00000264. The van der Waals surface area contributed by atoms with Crippen molar-refractivity contribution in [1.29, 1.82) is 0 Å². The van der Waals surface area contributed by atoms with Gasteiger partial charge in [-0.25, -0.2) is 0 Å². The van der Waals surface area contributed by atoms with E-state index in [9.17, 15) is 19.7 Å². The first-order chi connectivity index (χ1) is 10.2. The summed E-state index contributed by atoms with van der Waals surface area (Å²) >= 11 is 3.26. The zero-order valence-electron chi connectivity index (χ0n) is 12.9. The van der Waals surface area contributed by atoms with E-state index in [1.807, 2.05) is 0 Å². The van der Waals surface area contributed by atoms with E-state index in [4.69, 9.17) is 9.47 Å². The molecule has 0 N–H and O–H groups in total. The van der Waals surface area contributed by atoms with Gasteiger partial charge in [0.1, 0.15) is 0 Å². The van der Waals surface area contributed by atoms with Crippen LogP contribution >= 0.6 is 15.9 Å². The molecule has 0 spiro atoms. The Hall–Kier alpha value is -0.454. The molecule has 1 unspecified atom stereocenters. The molecule has 0 aliphatic carbocycles. The third kappa shape index (κ3) is 5.26. The molecule has 7 nitrogen and oxygen atoms in total. The van der Waals surface area contributed by atoms with Crippen molar-refractivity contribution in [3.05, 3.63) is 50.3 Å². The molecule has 1 atom stereocenters. The van der Waals surface area contributed by atoms with Gasteiger partial charge in [-0.1, -0.05) is 33.6 Å². The Kier molecular flexibility index (Phi) is 7.24. The van der Waals surface area contributed by atoms with Crippen molar-refractivity contribution < 1.29 is 75.4 Å². The number of ether oxygens (including phenoxy) is 2. The van der Waals surface area contributed by atoms with Gasteiger partial charge in [0, 0.05) is 23.2 Å². The van der Waals surface area contributed by atoms with E-state index in [2.05, 4.69) is 15.9 Å². The Bertz CT molecular complexity index is 598. The third-order valence-electron chi connectivity index (χ3n) is 3.07. The van der Waals surface area contributed by atoms with Gasteiger partial charge in [-0.2, -0.15) is 5.92 Å². The molecule has 2 rings (SSSR count). The van der Waals surface area contributed by atoms with Crippen LogP contribution in [0.15, 0.2) is 28.7 Å². The fourth-order valence-corrected chi connectivity index (χ4v) is 2.42. The van der Waals surface area contributed by atoms with Crippen LogP contribution in [0.5, 0.6) is 0 Å². The van der Waals surface area contributed by atoms with Crippen LogP contribution in [0.1, 0.15) is 25.3 Å². The van der Waals surface area contributed by atoms with E-state index >= 15 is 0 Å². The molecule has 1 aromatic carbocycles. The zero-order valence-corrected chi connectivity index (χ0v) is 17.6. The molecular weight excluding hydrogens is 397 g/mol. The van der Waals surface area contributed by atoms with Crippen molar-refractivity contribution in [2.24, 2.45) is 0 Å². The second kappa shape index (κ2) is 8.08. The average Bonchev–Trinajstić information content (AvgIpc) is 2.35. The van der Waals surface area contributed by atoms with E-state index in [1.165, 1.54) is 13.8 Å². The van der Waals surface area contributed by atoms with Crippen LogP contribution in [-0.2, 0) is 19.1 Å². The van der Waals surface area contributed by atoms with Gasteiger partial charge in [0.2, 0.25) is 5.79 Å². The Labute approximate surface area is 183 Å². The molecule has 0 bridgehead atoms. The second-order valence-electron chi connectivity index (χ2n) is 5.21. The Morgan fingerprint density at radius 1 is 1.22 bits per heavy atom. The fraction of sp³-hybridized carbons (Fsp3) is 0.357. The van der Waals surface area contributed by atoms with Crippen molar-refractivity contribution in [3.63, 3.8) is 0 Å². The molecule has 9 heteroatoms. The van der Waals surface area contributed by atoms with Crippen LogP contribution in [0.3, 0.4) is 0 Å². The first-order valence-electron chi connectivity index (χ1n) is 6.40. The normalized spacial score (nSPS) is 17.6. The van der Waals surface area contributed by atoms with Crippen LogP contribution < -0.4 is 51.4 Å². The smallest absolute Gasteiger partial charge is 0.447 e. The number of hydrogen-bond acceptors (Lipinski definition) is 6. The standard InChI is InChI=1S/C14H13BrNO6.K/c1-14(2)21-12(17)11(13(18)22-14)10(7-16(19)20)8-3-5-9(15)6-4-8;/h3-6,10H,7H2,1-2H3;/q-1;+1. The molecule has 0 radical (unpaired) electrons. The topological polar surface area (TPSA) is 95.7 Å². The van der Waals surface area contributed by atoms with Crippen LogP contribution in [0.2, 0.25) is 0 Å². The maximum Gasteiger partial charge on any atom is 1.00 e. The molecule has 0 aromatic heterocycles. The minimum absolute atomic E-state index is 0. The number of benzene rings is 1. The van der Waals surface area contributed by atoms with E-state index in [0.29, 0.717) is 5.56 Å². The quantitative estimate of drug-likeness (QED) is 0.213. The maximum absolute atomic E-state index is 12.1. The maximum atomic E-state index is 12.1. The fourth-order valence-electron chi connectivity index (χ4n) is 2.15. The summed E-state index contributed by atoms with van der Waals surface area (Å²) in [4.78, 5) is 34.5. The van der Waals surface area contributed by atoms with Gasteiger partial charge in [0.15, 0.2) is 18.5 Å². The van der Waals surface area contributed by atoms with Crippen LogP contribution in [-0.4, -0.2) is 29.2 Å². The van der Waals surface area contributed by atoms with Gasteiger partial charge in [-0.15, -0.1) is 0 Å². The van der Waals surface area contributed by atoms with Crippen molar-refractivity contribution in [1.82, 2.24) is 0 Å². The van der Waals surface area contributed by atoms with E-state index in [0.717, 1.165) is 4.47 Å². The first-order valence-corrected chi connectivity index (χ1v) is 7.20. The number of halogens is 1. The molecule has 1 aliphatic rings. The van der Waals surface area contributed by atoms with Crippen molar-refractivity contribution >= 4 is 27.9 Å². The largest absolute Gasteiger partial charge is 1.00 e. The molecule has 1 fully saturated rings. The van der Waals surface area contributed by atoms with Crippen LogP contribution in [0.4, 0.5) is 0 Å². The zero-order chi connectivity index (χ0) is 16.5. The average molecular weight is 410 g/mol. The summed E-state index contributed by atoms with van der Waals surface area (Å²) in [6.45, 7) is 2.23. The molecule has 1 aromatic rings. The summed E-state index contributed by atoms with van der Waals surface area (Å²) in [6, 6.07) is 6.55. The molecule has 1 aliphatic heterocycles. The minimum Gasteiger partial charge on any atom is -0.447 e. The van der Waals surface area contributed by atoms with Gasteiger partial charge in [-0.3, -0.25) is 19.7 Å². The first kappa shape index (κ1) is 20.6. The van der Waals surface area contributed by atoms with Crippen molar-refractivity contribution in [3.8, 4) is 0 Å². The summed E-state index contributed by atoms with van der Waals surface area (Å²) in [5.74, 6) is -4.55. The number of rotatable bonds is 4. The molecular formula is C14H13BrKNO6. The van der Waals surface area contributed by atoms with Crippen LogP contribution in [0.25, 0.3) is 0 Å². The number of hydrogen-bond donors (Lipinski definition) is 0. The predicted molar refractivity (Wildman–Crippen MR) is 78.3 cm³/mol. The van der Waals surface area contributed by atoms with Crippen molar-refractivity contribution in [2.75, 3.05) is 6.54 Å². The number of nitrogens with zero attached hydrogens (tertiary/aromatic N) is 1. The van der Waals surface area contributed by atoms with Gasteiger partial charge < -0.3 is 9.47 Å². The molecule has 1 heterocycles. The number of carbonyl (C=O) groups excluding carboxylic acids is 2. The molecule has 0 amide bonds. The molecule has 1 saturated heterocycles. The monoisotopic (exact) mass is 409 g/mol. The number of esters is 2. The molecule has 0 saturated carbocycles. The van der Waals surface area contributed by atoms with Gasteiger partial charge in [0.25, 0.3) is 0 Å². The SMILES string of the molecule is CC1(C)OC(=O)[C-](C(C[N+](=O)[O-])c2ccc(Br)cc2)C(=O)O1.[K+]. The minimum atomic E-state index is -1.38. The number of cyclic esters (lactones) is 2. The summed E-state index contributed by atoms with van der Waals surface area (Å²) in [7, 11) is 0. The molecule has 23 heavy (non-hydrogen) atoms. The number of nitro groups is 1. The van der Waals surface area contributed by atoms with E-state index in [1.54, 1.807) is 24.3 Å². The van der Waals surface area contributed by atoms with E-state index < -0.39 is 35.1 Å². The summed E-state index contributed by atoms with van der Waals surface area (Å²) < 4.78 is 10.8. The van der Waals surface area contributed by atoms with Gasteiger partial charge in [-0.05, 0) is 18.1 Å². The Morgan fingerprint density at radius 3 is 2.13 bits per heavy atom. The van der Waals surface area contributed by atoms with Gasteiger partial charge in [0.05, 0.1) is 0 Å². The summed E-state index contributed by atoms with van der Waals surface area (Å²) in [5, 5.41) is 10.9. The second-order valence-corrected chi connectivity index (χ2v) is 6.13. The predicted octanol–water partition coefficient (Wildman–Crippen LogP) is -0.776. The third-order valence-corrected chi connectivity index (χ3v) is 3.60.